The average molecular weight is 192 g/mol. The molecule has 0 aliphatic rings. The fraction of sp³-hybridized carbons (Fsp3) is 0.714. The summed E-state index contributed by atoms with van der Waals surface area (Å²) in [5.74, 6) is -3.30. The van der Waals surface area contributed by atoms with Crippen LogP contribution in [0.3, 0.4) is 0 Å². The summed E-state index contributed by atoms with van der Waals surface area (Å²) in [7, 11) is 0. The van der Waals surface area contributed by atoms with Crippen LogP contribution in [0.1, 0.15) is 20.3 Å². The van der Waals surface area contributed by atoms with Crippen molar-refractivity contribution in [2.45, 2.75) is 25.0 Å². The van der Waals surface area contributed by atoms with Crippen LogP contribution in [0.5, 0.6) is 0 Å². The monoisotopic (exact) mass is 192 g/mol. The molecule has 0 rings (SSSR count). The van der Waals surface area contributed by atoms with Crippen molar-refractivity contribution in [3.8, 4) is 0 Å². The van der Waals surface area contributed by atoms with Crippen LogP contribution in [0.4, 0.5) is 0 Å². The molecule has 0 saturated heterocycles. The number of carboxylic acid groups (broad SMARTS) is 2. The quantitative estimate of drug-likeness (QED) is 0.578. The van der Waals surface area contributed by atoms with Crippen molar-refractivity contribution < 1.29 is 19.8 Å². The fourth-order valence-corrected chi connectivity index (χ4v) is 1.25. The molecular weight excluding hydrogens is 180 g/mol. The summed E-state index contributed by atoms with van der Waals surface area (Å²) in [5.41, 5.74) is 0. The predicted molar refractivity (Wildman–Crippen MR) is 46.4 cm³/mol. The first kappa shape index (κ1) is 11.3. The smallest absolute Gasteiger partial charge is 0.320 e. The minimum Gasteiger partial charge on any atom is -0.481 e. The summed E-state index contributed by atoms with van der Waals surface area (Å²) in [6, 6.07) is 0. The van der Waals surface area contributed by atoms with E-state index in [0.29, 0.717) is 0 Å². The second kappa shape index (κ2) is 3.80. The van der Waals surface area contributed by atoms with Crippen LogP contribution in [-0.2, 0) is 9.59 Å². The zero-order chi connectivity index (χ0) is 9.94. The highest BCUT2D eigenvalue weighted by atomic mass is 32.1. The Morgan fingerprint density at radius 3 is 2.00 bits per heavy atom. The van der Waals surface area contributed by atoms with Gasteiger partial charge in [0.1, 0.15) is 4.75 Å². The molecule has 0 heterocycles. The van der Waals surface area contributed by atoms with E-state index < -0.39 is 22.6 Å². The summed E-state index contributed by atoms with van der Waals surface area (Å²) in [6.07, 6.45) is 0.252. The number of carboxylic acids is 2. The zero-order valence-electron chi connectivity index (χ0n) is 6.94. The maximum absolute atomic E-state index is 10.6. The van der Waals surface area contributed by atoms with Gasteiger partial charge in [-0.3, -0.25) is 9.59 Å². The lowest BCUT2D eigenvalue weighted by Crippen LogP contribution is -2.41. The average Bonchev–Trinajstić information content (AvgIpc) is 1.86. The minimum absolute atomic E-state index is 0.252. The van der Waals surface area contributed by atoms with Crippen molar-refractivity contribution in [3.63, 3.8) is 0 Å². The summed E-state index contributed by atoms with van der Waals surface area (Å²) >= 11 is 3.82. The topological polar surface area (TPSA) is 74.6 Å². The molecule has 2 atom stereocenters. The van der Waals surface area contributed by atoms with Gasteiger partial charge in [0.25, 0.3) is 0 Å². The van der Waals surface area contributed by atoms with E-state index in [0.717, 1.165) is 0 Å². The molecule has 0 fully saturated rings. The second-order valence-corrected chi connectivity index (χ2v) is 3.68. The second-order valence-electron chi connectivity index (χ2n) is 2.75. The molecule has 0 aliphatic carbocycles. The van der Waals surface area contributed by atoms with Gasteiger partial charge in [-0.15, -0.1) is 0 Å². The van der Waals surface area contributed by atoms with Crippen LogP contribution in [0.2, 0.25) is 0 Å². The molecule has 0 saturated carbocycles. The van der Waals surface area contributed by atoms with Gasteiger partial charge in [-0.25, -0.2) is 0 Å². The summed E-state index contributed by atoms with van der Waals surface area (Å²) in [4.78, 5) is 21.2. The van der Waals surface area contributed by atoms with Crippen LogP contribution >= 0.6 is 12.6 Å². The molecule has 2 N–H and O–H groups in total. The highest BCUT2D eigenvalue weighted by molar-refractivity contribution is 7.82. The lowest BCUT2D eigenvalue weighted by atomic mass is 9.91. The number of hydrogen-bond donors (Lipinski definition) is 3. The SMILES string of the molecule is CCC(C(=O)O)C(C)(S)C(=O)O. The van der Waals surface area contributed by atoms with E-state index in [1.54, 1.807) is 6.92 Å². The molecule has 0 amide bonds. The van der Waals surface area contributed by atoms with Crippen molar-refractivity contribution in [2.75, 3.05) is 0 Å². The molecule has 0 radical (unpaired) electrons. The van der Waals surface area contributed by atoms with Crippen molar-refractivity contribution >= 4 is 24.6 Å². The third-order valence-electron chi connectivity index (χ3n) is 1.82. The van der Waals surface area contributed by atoms with E-state index in [9.17, 15) is 9.59 Å². The highest BCUT2D eigenvalue weighted by Gasteiger charge is 2.41. The number of hydrogen-bond acceptors (Lipinski definition) is 3. The van der Waals surface area contributed by atoms with E-state index in [-0.39, 0.29) is 6.42 Å². The predicted octanol–water partition coefficient (Wildman–Crippen LogP) is 0.870. The molecule has 0 aromatic carbocycles. The third kappa shape index (κ3) is 2.14. The Kier molecular flexibility index (Phi) is 3.57. The number of aliphatic carboxylic acids is 2. The zero-order valence-corrected chi connectivity index (χ0v) is 7.84. The summed E-state index contributed by atoms with van der Waals surface area (Å²) < 4.78 is -1.50. The van der Waals surface area contributed by atoms with E-state index >= 15 is 0 Å². The molecule has 0 aromatic rings. The molecule has 4 nitrogen and oxygen atoms in total. The normalized spacial score (nSPS) is 17.9. The minimum atomic E-state index is -1.50. The number of rotatable bonds is 4. The van der Waals surface area contributed by atoms with Crippen LogP contribution in [0, 0.1) is 5.92 Å². The van der Waals surface area contributed by atoms with E-state index in [2.05, 4.69) is 12.6 Å². The largest absolute Gasteiger partial charge is 0.481 e. The summed E-state index contributed by atoms with van der Waals surface area (Å²) in [5, 5.41) is 17.3. The van der Waals surface area contributed by atoms with E-state index in [1.807, 2.05) is 0 Å². The first-order valence-corrected chi connectivity index (χ1v) is 3.97. The van der Waals surface area contributed by atoms with Gasteiger partial charge in [0.2, 0.25) is 0 Å². The molecule has 5 heteroatoms. The molecular formula is C7H12O4S. The van der Waals surface area contributed by atoms with Gasteiger partial charge in [0.15, 0.2) is 0 Å². The molecule has 0 aliphatic heterocycles. The Morgan fingerprint density at radius 1 is 1.50 bits per heavy atom. The molecule has 0 bridgehead atoms. The lowest BCUT2D eigenvalue weighted by Gasteiger charge is -2.24. The van der Waals surface area contributed by atoms with Crippen LogP contribution in [0.25, 0.3) is 0 Å². The third-order valence-corrected chi connectivity index (χ3v) is 2.32. The van der Waals surface area contributed by atoms with Gasteiger partial charge < -0.3 is 10.2 Å². The molecule has 2 unspecified atom stereocenters. The Balaban J connectivity index is 4.71. The highest BCUT2D eigenvalue weighted by Crippen LogP contribution is 2.27. The van der Waals surface area contributed by atoms with Gasteiger partial charge >= 0.3 is 11.9 Å². The molecule has 0 spiro atoms. The Labute approximate surface area is 76.0 Å². The maximum Gasteiger partial charge on any atom is 0.320 e. The lowest BCUT2D eigenvalue weighted by molar-refractivity contribution is -0.150. The van der Waals surface area contributed by atoms with Crippen molar-refractivity contribution in [3.05, 3.63) is 0 Å². The van der Waals surface area contributed by atoms with Crippen molar-refractivity contribution in [1.82, 2.24) is 0 Å². The van der Waals surface area contributed by atoms with Gasteiger partial charge in [-0.05, 0) is 13.3 Å². The van der Waals surface area contributed by atoms with Gasteiger partial charge in [0, 0.05) is 0 Å². The maximum atomic E-state index is 10.6. The molecule has 0 aromatic heterocycles. The van der Waals surface area contributed by atoms with Crippen molar-refractivity contribution in [2.24, 2.45) is 5.92 Å². The Bertz CT molecular complexity index is 200. The Morgan fingerprint density at radius 2 is 1.92 bits per heavy atom. The van der Waals surface area contributed by atoms with Gasteiger partial charge in [-0.1, -0.05) is 6.92 Å². The molecule has 12 heavy (non-hydrogen) atoms. The van der Waals surface area contributed by atoms with Crippen LogP contribution in [-0.4, -0.2) is 26.9 Å². The van der Waals surface area contributed by atoms with E-state index in [1.165, 1.54) is 6.92 Å². The Hall–Kier alpha value is -0.710. The number of carbonyl (C=O) groups is 2. The van der Waals surface area contributed by atoms with Gasteiger partial charge in [-0.2, -0.15) is 12.6 Å². The molecule has 70 valence electrons. The van der Waals surface area contributed by atoms with Crippen molar-refractivity contribution in [1.29, 1.82) is 0 Å². The van der Waals surface area contributed by atoms with Crippen LogP contribution < -0.4 is 0 Å². The summed E-state index contributed by atoms with van der Waals surface area (Å²) in [6.45, 7) is 2.91. The first-order chi connectivity index (χ1) is 5.34. The standard InChI is InChI=1S/C7H12O4S/c1-3-4(5(8)9)7(2,12)6(10)11/h4,12H,3H2,1-2H3,(H,8,9)(H,10,11). The van der Waals surface area contributed by atoms with Gasteiger partial charge in [0.05, 0.1) is 5.92 Å². The van der Waals surface area contributed by atoms with Crippen LogP contribution in [0.15, 0.2) is 0 Å². The number of thiol groups is 1. The first-order valence-electron chi connectivity index (χ1n) is 3.52. The fourth-order valence-electron chi connectivity index (χ4n) is 0.962. The van der Waals surface area contributed by atoms with E-state index in [4.69, 9.17) is 10.2 Å².